The number of hydrogen-bond donors (Lipinski definition) is 4. The topological polar surface area (TPSA) is 131 Å². The number of nitrogens with zero attached hydrogens (tertiary/aromatic N) is 2. The van der Waals surface area contributed by atoms with Gasteiger partial charge in [-0.2, -0.15) is 0 Å². The third kappa shape index (κ3) is 12.2. The normalized spacial score (nSPS) is 20.6. The Hall–Kier alpha value is -2.97. The van der Waals surface area contributed by atoms with Crippen LogP contribution in [0.25, 0.3) is 0 Å². The number of hydrogen-bond acceptors (Lipinski definition) is 7. The molecule has 4 N–H and O–H groups in total. The van der Waals surface area contributed by atoms with Crippen LogP contribution in [-0.2, 0) is 25.5 Å². The van der Waals surface area contributed by atoms with E-state index in [0.29, 0.717) is 38.5 Å². The molecule has 1 heterocycles. The fourth-order valence-electron chi connectivity index (χ4n) is 6.85. The third-order valence-corrected chi connectivity index (χ3v) is 10.1. The van der Waals surface area contributed by atoms with Crippen molar-refractivity contribution in [3.05, 3.63) is 35.9 Å². The van der Waals surface area contributed by atoms with Crippen LogP contribution in [0.15, 0.2) is 30.3 Å². The maximum absolute atomic E-state index is 13.9. The van der Waals surface area contributed by atoms with Crippen LogP contribution in [0.4, 0.5) is 0 Å². The third-order valence-electron chi connectivity index (χ3n) is 10.1. The number of ether oxygens (including phenoxy) is 1. The molecule has 2 aliphatic carbocycles. The number of carbonyl (C=O) groups is 3. The molecule has 3 aliphatic rings. The summed E-state index contributed by atoms with van der Waals surface area (Å²) in [5.41, 5.74) is 0.922. The van der Waals surface area contributed by atoms with Crippen molar-refractivity contribution in [3.63, 3.8) is 0 Å². The lowest BCUT2D eigenvalue weighted by atomic mass is 9.82. The average Bonchev–Trinajstić information content (AvgIpc) is 3.95. The Morgan fingerprint density at radius 1 is 1.02 bits per heavy atom. The fourth-order valence-corrected chi connectivity index (χ4v) is 6.85. The van der Waals surface area contributed by atoms with Gasteiger partial charge in [-0.25, -0.2) is 0 Å². The van der Waals surface area contributed by atoms with E-state index < -0.39 is 36.1 Å². The van der Waals surface area contributed by atoms with Crippen LogP contribution < -0.4 is 10.6 Å². The van der Waals surface area contributed by atoms with E-state index in [2.05, 4.69) is 21.5 Å². The molecule has 2 unspecified atom stereocenters. The Kier molecular flexibility index (Phi) is 15.0. The molecule has 0 radical (unpaired) electrons. The van der Waals surface area contributed by atoms with Crippen molar-refractivity contribution >= 4 is 17.7 Å². The first-order chi connectivity index (χ1) is 22.7. The van der Waals surface area contributed by atoms with Crippen LogP contribution in [-0.4, -0.2) is 108 Å². The number of aliphatic hydroxyl groups is 2. The molecule has 260 valence electrons. The highest BCUT2D eigenvalue weighted by atomic mass is 16.5. The average molecular weight is 653 g/mol. The fraction of sp³-hybridized carbons (Fsp3) is 0.703. The Morgan fingerprint density at radius 3 is 2.38 bits per heavy atom. The molecule has 10 heteroatoms. The lowest BCUT2D eigenvalue weighted by Crippen LogP contribution is -2.56. The standard InChI is InChI=1S/C37H56N4O6/c1-3-4-15-31(37(46)39-32(25-28-13-9-6-10-14-28)35(44)34(43)29-16-17-29)38-36(45)30(24-27-11-7-5-8-12-27)26-33(42)40(2)18-19-41-20-22-47-23-21-41/h1,5,7-8,11-12,28-32,34-35,43-44H,4,6,9-10,13-26H2,2H3,(H,38,45)(H,39,46)/t30?,31-,32?,34-,35+/m0/s1. The molecule has 1 aromatic carbocycles. The number of likely N-dealkylation sites (N-methyl/N-ethyl adjacent to an activating group) is 1. The van der Waals surface area contributed by atoms with Gasteiger partial charge in [-0.15, -0.1) is 12.3 Å². The number of terminal acetylenes is 1. The SMILES string of the molecule is C#CCC[C@H](NC(=O)C(CC(=O)N(C)CCN1CCOCC1)Cc1ccccc1)C(=O)NC(CC1CCCCC1)[C@@H](O)[C@@H](O)C1CC1. The van der Waals surface area contributed by atoms with Crippen LogP contribution in [0, 0.1) is 30.1 Å². The first-order valence-corrected chi connectivity index (χ1v) is 17.7. The summed E-state index contributed by atoms with van der Waals surface area (Å²) < 4.78 is 5.42. The van der Waals surface area contributed by atoms with Crippen molar-refractivity contribution in [1.82, 2.24) is 20.4 Å². The minimum absolute atomic E-state index is 0.000413. The second-order valence-electron chi connectivity index (χ2n) is 13.8. The molecular formula is C37H56N4O6. The molecule has 3 amide bonds. The van der Waals surface area contributed by atoms with Gasteiger partial charge in [0.1, 0.15) is 12.1 Å². The van der Waals surface area contributed by atoms with E-state index in [1.807, 2.05) is 30.3 Å². The number of morpholine rings is 1. The highest BCUT2D eigenvalue weighted by Gasteiger charge is 2.40. The lowest BCUT2D eigenvalue weighted by molar-refractivity contribution is -0.137. The highest BCUT2D eigenvalue weighted by molar-refractivity contribution is 5.91. The van der Waals surface area contributed by atoms with Gasteiger partial charge in [0.05, 0.1) is 31.3 Å². The molecular weight excluding hydrogens is 596 g/mol. The van der Waals surface area contributed by atoms with E-state index in [1.165, 1.54) is 6.42 Å². The van der Waals surface area contributed by atoms with Gasteiger partial charge >= 0.3 is 0 Å². The summed E-state index contributed by atoms with van der Waals surface area (Å²) in [6, 6.07) is 7.99. The van der Waals surface area contributed by atoms with Crippen LogP contribution >= 0.6 is 0 Å². The van der Waals surface area contributed by atoms with E-state index in [1.54, 1.807) is 11.9 Å². The predicted molar refractivity (Wildman–Crippen MR) is 181 cm³/mol. The molecule has 2 saturated carbocycles. The molecule has 0 bridgehead atoms. The second kappa shape index (κ2) is 19.1. The predicted octanol–water partition coefficient (Wildman–Crippen LogP) is 2.51. The summed E-state index contributed by atoms with van der Waals surface area (Å²) in [6.45, 7) is 4.32. The number of aliphatic hydroxyl groups excluding tert-OH is 2. The van der Waals surface area contributed by atoms with Gasteiger partial charge in [-0.3, -0.25) is 19.3 Å². The maximum atomic E-state index is 13.9. The molecule has 47 heavy (non-hydrogen) atoms. The quantitative estimate of drug-likeness (QED) is 0.179. The zero-order chi connectivity index (χ0) is 33.6. The van der Waals surface area contributed by atoms with E-state index in [4.69, 9.17) is 11.2 Å². The molecule has 1 saturated heterocycles. The Balaban J connectivity index is 1.44. The number of amides is 3. The molecule has 1 aromatic rings. The van der Waals surface area contributed by atoms with Gasteiger partial charge in [-0.1, -0.05) is 62.4 Å². The summed E-state index contributed by atoms with van der Waals surface area (Å²) in [5, 5.41) is 28.0. The Bertz CT molecular complexity index is 1160. The molecule has 3 fully saturated rings. The van der Waals surface area contributed by atoms with Crippen molar-refractivity contribution in [2.45, 2.75) is 101 Å². The molecule has 0 spiro atoms. The van der Waals surface area contributed by atoms with Crippen LogP contribution in [0.2, 0.25) is 0 Å². The maximum Gasteiger partial charge on any atom is 0.242 e. The number of nitrogens with one attached hydrogen (secondary N) is 2. The van der Waals surface area contributed by atoms with Gasteiger partial charge in [-0.05, 0) is 49.5 Å². The number of carbonyl (C=O) groups excluding carboxylic acids is 3. The van der Waals surface area contributed by atoms with Gasteiger partial charge in [0.2, 0.25) is 17.7 Å². The molecule has 4 rings (SSSR count). The second-order valence-corrected chi connectivity index (χ2v) is 13.8. The van der Waals surface area contributed by atoms with Crippen molar-refractivity contribution in [2.75, 3.05) is 46.4 Å². The van der Waals surface area contributed by atoms with Crippen molar-refractivity contribution in [3.8, 4) is 12.3 Å². The van der Waals surface area contributed by atoms with Crippen molar-refractivity contribution in [2.24, 2.45) is 17.8 Å². The summed E-state index contributed by atoms with van der Waals surface area (Å²) in [6.07, 6.45) is 12.2. The number of benzene rings is 1. The summed E-state index contributed by atoms with van der Waals surface area (Å²) in [4.78, 5) is 45.1. The summed E-state index contributed by atoms with van der Waals surface area (Å²) >= 11 is 0. The van der Waals surface area contributed by atoms with E-state index in [-0.39, 0.29) is 37.0 Å². The number of rotatable bonds is 18. The molecule has 0 aromatic heterocycles. The Morgan fingerprint density at radius 2 is 1.72 bits per heavy atom. The Labute approximate surface area is 281 Å². The molecule has 5 atom stereocenters. The first kappa shape index (κ1) is 36.9. The first-order valence-electron chi connectivity index (χ1n) is 17.7. The van der Waals surface area contributed by atoms with E-state index >= 15 is 0 Å². The van der Waals surface area contributed by atoms with E-state index in [0.717, 1.165) is 63.7 Å². The minimum atomic E-state index is -1.09. The molecule has 1 aliphatic heterocycles. The van der Waals surface area contributed by atoms with Crippen LogP contribution in [0.5, 0.6) is 0 Å². The van der Waals surface area contributed by atoms with Crippen molar-refractivity contribution < 1.29 is 29.3 Å². The van der Waals surface area contributed by atoms with Gasteiger partial charge in [0, 0.05) is 46.1 Å². The smallest absolute Gasteiger partial charge is 0.242 e. The van der Waals surface area contributed by atoms with Crippen LogP contribution in [0.1, 0.15) is 76.2 Å². The lowest BCUT2D eigenvalue weighted by Gasteiger charge is -2.33. The van der Waals surface area contributed by atoms with Crippen molar-refractivity contribution in [1.29, 1.82) is 0 Å². The summed E-state index contributed by atoms with van der Waals surface area (Å²) in [5.74, 6) is 1.34. The van der Waals surface area contributed by atoms with Gasteiger partial charge in [0.25, 0.3) is 0 Å². The zero-order valence-electron chi connectivity index (χ0n) is 28.2. The van der Waals surface area contributed by atoms with Gasteiger partial charge < -0.3 is 30.5 Å². The molecule has 10 nitrogen and oxygen atoms in total. The minimum Gasteiger partial charge on any atom is -0.390 e. The highest BCUT2D eigenvalue weighted by Crippen LogP contribution is 2.36. The summed E-state index contributed by atoms with van der Waals surface area (Å²) in [7, 11) is 1.76. The van der Waals surface area contributed by atoms with Gasteiger partial charge in [0.15, 0.2) is 0 Å². The monoisotopic (exact) mass is 652 g/mol. The van der Waals surface area contributed by atoms with Crippen LogP contribution in [0.3, 0.4) is 0 Å². The van der Waals surface area contributed by atoms with E-state index in [9.17, 15) is 24.6 Å². The largest absolute Gasteiger partial charge is 0.390 e. The zero-order valence-corrected chi connectivity index (χ0v) is 28.2.